The Bertz CT molecular complexity index is 915. The van der Waals surface area contributed by atoms with Crippen molar-refractivity contribution >= 4 is 12.1 Å². The average Bonchev–Trinajstić information content (AvgIpc) is 3.11. The molecule has 4 rings (SSSR count). The van der Waals surface area contributed by atoms with Gasteiger partial charge < -0.3 is 9.84 Å². The third-order valence-electron chi connectivity index (χ3n) is 5.61. The fourth-order valence-corrected chi connectivity index (χ4v) is 4.19. The number of carboxylic acid groups (broad SMARTS) is 1. The van der Waals surface area contributed by atoms with E-state index < -0.39 is 36.5 Å². The molecule has 5 nitrogen and oxygen atoms in total. The highest BCUT2D eigenvalue weighted by molar-refractivity contribution is 5.85. The number of carbonyl (C=O) groups excluding carboxylic acids is 1. The monoisotopic (exact) mass is 387 g/mol. The number of halogens is 2. The summed E-state index contributed by atoms with van der Waals surface area (Å²) in [5.74, 6) is -4.97. The lowest BCUT2D eigenvalue weighted by molar-refractivity contribution is -0.148. The van der Waals surface area contributed by atoms with Crippen molar-refractivity contribution in [2.75, 3.05) is 13.2 Å². The minimum Gasteiger partial charge on any atom is -0.480 e. The lowest BCUT2D eigenvalue weighted by atomic mass is 9.98. The number of carbonyl (C=O) groups is 2. The summed E-state index contributed by atoms with van der Waals surface area (Å²) in [5.41, 5.74) is 2.07. The number of rotatable bonds is 3. The number of ether oxygens (including phenoxy) is 1. The molecular weight excluding hydrogens is 368 g/mol. The standard InChI is InChI=1S/C21H19F2NO4/c1-20(18(25)26)11-21(22,23)12-24(20)19(27)28-10-17-15-8-4-2-6-13(15)14-7-3-5-9-16(14)17/h2-9,17H,10-12H2,1H3,(H,25,26)/t20-/m0/s1. The highest BCUT2D eigenvalue weighted by Gasteiger charge is 2.59. The van der Waals surface area contributed by atoms with E-state index in [4.69, 9.17) is 4.74 Å². The number of nitrogens with zero attached hydrogens (tertiary/aromatic N) is 1. The minimum absolute atomic E-state index is 0.0510. The number of amides is 1. The SMILES string of the molecule is C[C@@]1(C(=O)O)CC(F)(F)CN1C(=O)OCC1c2ccccc2-c2ccccc21. The van der Waals surface area contributed by atoms with Gasteiger partial charge in [-0.2, -0.15) is 0 Å². The largest absolute Gasteiger partial charge is 0.480 e. The van der Waals surface area contributed by atoms with Crippen LogP contribution in [-0.4, -0.2) is 46.7 Å². The molecule has 1 atom stereocenters. The zero-order chi connectivity index (χ0) is 20.1. The second kappa shape index (κ2) is 6.29. The molecule has 2 aliphatic rings. The molecule has 0 bridgehead atoms. The van der Waals surface area contributed by atoms with Crippen molar-refractivity contribution in [2.24, 2.45) is 0 Å². The van der Waals surface area contributed by atoms with E-state index in [1.807, 2.05) is 48.5 Å². The van der Waals surface area contributed by atoms with Gasteiger partial charge in [0.1, 0.15) is 12.1 Å². The molecule has 1 saturated heterocycles. The number of fused-ring (bicyclic) bond motifs is 3. The van der Waals surface area contributed by atoms with Crippen LogP contribution in [0.15, 0.2) is 48.5 Å². The molecule has 28 heavy (non-hydrogen) atoms. The number of carboxylic acids is 1. The molecule has 7 heteroatoms. The molecule has 2 aromatic carbocycles. The Morgan fingerprint density at radius 3 is 2.18 bits per heavy atom. The van der Waals surface area contributed by atoms with Crippen LogP contribution in [0, 0.1) is 0 Å². The summed E-state index contributed by atoms with van der Waals surface area (Å²) in [6.07, 6.45) is -1.97. The van der Waals surface area contributed by atoms with E-state index >= 15 is 0 Å². The smallest absolute Gasteiger partial charge is 0.410 e. The highest BCUT2D eigenvalue weighted by atomic mass is 19.3. The number of likely N-dealkylation sites (tertiary alicyclic amines) is 1. The Morgan fingerprint density at radius 2 is 1.64 bits per heavy atom. The van der Waals surface area contributed by atoms with Crippen molar-refractivity contribution in [2.45, 2.75) is 30.7 Å². The summed E-state index contributed by atoms with van der Waals surface area (Å²) in [5, 5.41) is 9.38. The van der Waals surface area contributed by atoms with E-state index in [1.165, 1.54) is 0 Å². The molecule has 1 heterocycles. The van der Waals surface area contributed by atoms with E-state index in [0.717, 1.165) is 29.2 Å². The van der Waals surface area contributed by atoms with Crippen LogP contribution in [0.5, 0.6) is 0 Å². The third-order valence-corrected chi connectivity index (χ3v) is 5.61. The van der Waals surface area contributed by atoms with Crippen molar-refractivity contribution in [3.8, 4) is 11.1 Å². The van der Waals surface area contributed by atoms with Crippen LogP contribution in [0.25, 0.3) is 11.1 Å². The zero-order valence-corrected chi connectivity index (χ0v) is 15.2. The molecular formula is C21H19F2NO4. The first-order chi connectivity index (χ1) is 13.2. The van der Waals surface area contributed by atoms with Crippen molar-refractivity contribution < 1.29 is 28.2 Å². The number of alkyl halides is 2. The normalized spacial score (nSPS) is 22.6. The molecule has 0 spiro atoms. The van der Waals surface area contributed by atoms with Crippen molar-refractivity contribution in [1.29, 1.82) is 0 Å². The molecule has 1 aliphatic heterocycles. The number of hydrogen-bond donors (Lipinski definition) is 1. The van der Waals surface area contributed by atoms with Crippen LogP contribution in [0.2, 0.25) is 0 Å². The van der Waals surface area contributed by atoms with Crippen LogP contribution in [0.1, 0.15) is 30.4 Å². The molecule has 1 amide bonds. The van der Waals surface area contributed by atoms with E-state index in [-0.39, 0.29) is 12.5 Å². The van der Waals surface area contributed by atoms with Gasteiger partial charge in [-0.25, -0.2) is 18.4 Å². The van der Waals surface area contributed by atoms with Crippen LogP contribution < -0.4 is 0 Å². The average molecular weight is 387 g/mol. The van der Waals surface area contributed by atoms with E-state index in [2.05, 4.69) is 0 Å². The molecule has 0 saturated carbocycles. The van der Waals surface area contributed by atoms with E-state index in [1.54, 1.807) is 0 Å². The molecule has 0 aromatic heterocycles. The lowest BCUT2D eigenvalue weighted by Crippen LogP contribution is -2.51. The molecule has 2 aromatic rings. The van der Waals surface area contributed by atoms with Gasteiger partial charge in [0.05, 0.1) is 6.54 Å². The highest BCUT2D eigenvalue weighted by Crippen LogP contribution is 2.45. The molecule has 1 aliphatic carbocycles. The molecule has 146 valence electrons. The molecule has 1 fully saturated rings. The van der Waals surface area contributed by atoms with E-state index in [9.17, 15) is 23.5 Å². The van der Waals surface area contributed by atoms with Crippen LogP contribution in [0.3, 0.4) is 0 Å². The summed E-state index contributed by atoms with van der Waals surface area (Å²) in [6, 6.07) is 15.5. The second-order valence-corrected chi connectivity index (χ2v) is 7.50. The fourth-order valence-electron chi connectivity index (χ4n) is 4.19. The molecule has 0 unspecified atom stereocenters. The van der Waals surface area contributed by atoms with Gasteiger partial charge >= 0.3 is 12.1 Å². The second-order valence-electron chi connectivity index (χ2n) is 7.50. The van der Waals surface area contributed by atoms with Gasteiger partial charge in [0.25, 0.3) is 5.92 Å². The number of benzene rings is 2. The van der Waals surface area contributed by atoms with Crippen LogP contribution >= 0.6 is 0 Å². The van der Waals surface area contributed by atoms with Crippen LogP contribution in [-0.2, 0) is 9.53 Å². The summed E-state index contributed by atoms with van der Waals surface area (Å²) in [4.78, 5) is 24.7. The zero-order valence-electron chi connectivity index (χ0n) is 15.2. The Hall–Kier alpha value is -2.96. The number of aliphatic carboxylic acids is 1. The predicted octanol–water partition coefficient (Wildman–Crippen LogP) is 4.12. The van der Waals surface area contributed by atoms with Crippen LogP contribution in [0.4, 0.5) is 13.6 Å². The van der Waals surface area contributed by atoms with Crippen molar-refractivity contribution in [3.05, 3.63) is 59.7 Å². The number of hydrogen-bond acceptors (Lipinski definition) is 3. The lowest BCUT2D eigenvalue weighted by Gasteiger charge is -2.29. The maximum Gasteiger partial charge on any atom is 0.410 e. The van der Waals surface area contributed by atoms with E-state index in [0.29, 0.717) is 4.90 Å². The van der Waals surface area contributed by atoms with Crippen molar-refractivity contribution in [3.63, 3.8) is 0 Å². The maximum atomic E-state index is 13.8. The summed E-state index contributed by atoms with van der Waals surface area (Å²) in [7, 11) is 0. The van der Waals surface area contributed by atoms with Gasteiger partial charge in [0.15, 0.2) is 0 Å². The summed E-state index contributed by atoms with van der Waals surface area (Å²) < 4.78 is 33.0. The maximum absolute atomic E-state index is 13.8. The fraction of sp³-hybridized carbons (Fsp3) is 0.333. The van der Waals surface area contributed by atoms with Gasteiger partial charge in [-0.15, -0.1) is 0 Å². The van der Waals surface area contributed by atoms with Gasteiger partial charge in [-0.3, -0.25) is 4.90 Å². The molecule has 1 N–H and O–H groups in total. The summed E-state index contributed by atoms with van der Waals surface area (Å²) >= 11 is 0. The quantitative estimate of drug-likeness (QED) is 0.860. The first-order valence-electron chi connectivity index (χ1n) is 8.97. The predicted molar refractivity (Wildman–Crippen MR) is 97.4 cm³/mol. The Balaban J connectivity index is 1.57. The van der Waals surface area contributed by atoms with Gasteiger partial charge in [0, 0.05) is 12.3 Å². The topological polar surface area (TPSA) is 66.8 Å². The first-order valence-corrected chi connectivity index (χ1v) is 8.97. The van der Waals surface area contributed by atoms with Gasteiger partial charge in [-0.1, -0.05) is 48.5 Å². The minimum atomic E-state index is -3.27. The first kappa shape index (κ1) is 18.4. The van der Waals surface area contributed by atoms with Gasteiger partial charge in [0.2, 0.25) is 0 Å². The van der Waals surface area contributed by atoms with Gasteiger partial charge in [-0.05, 0) is 29.2 Å². The third kappa shape index (κ3) is 2.82. The van der Waals surface area contributed by atoms with Crippen molar-refractivity contribution in [1.82, 2.24) is 4.90 Å². The summed E-state index contributed by atoms with van der Waals surface area (Å²) in [6.45, 7) is 0.106. The Labute approximate surface area is 160 Å². The Kier molecular flexibility index (Phi) is 4.14. The Morgan fingerprint density at radius 1 is 1.11 bits per heavy atom. The molecule has 0 radical (unpaired) electrons.